The zero-order valence-electron chi connectivity index (χ0n) is 12.3. The molecule has 2 heteroatoms. The van der Waals surface area contributed by atoms with Crippen molar-refractivity contribution in [2.45, 2.75) is 71.9 Å². The maximum Gasteiger partial charge on any atom is 0.0247 e. The number of hydrogen-bond donors (Lipinski definition) is 1. The van der Waals surface area contributed by atoms with Crippen LogP contribution in [0.3, 0.4) is 0 Å². The molecule has 2 nitrogen and oxygen atoms in total. The molecule has 0 radical (unpaired) electrons. The lowest BCUT2D eigenvalue weighted by molar-refractivity contribution is 0.129. The molecule has 0 aromatic rings. The number of rotatable bonds is 5. The normalized spacial score (nSPS) is 26.8. The van der Waals surface area contributed by atoms with Gasteiger partial charge in [-0.2, -0.15) is 0 Å². The third kappa shape index (κ3) is 5.39. The van der Waals surface area contributed by atoms with Gasteiger partial charge in [-0.05, 0) is 24.7 Å². The van der Waals surface area contributed by atoms with E-state index in [0.29, 0.717) is 12.1 Å². The third-order valence-electron chi connectivity index (χ3n) is 3.70. The smallest absolute Gasteiger partial charge is 0.0247 e. The molecule has 1 rings (SSSR count). The van der Waals surface area contributed by atoms with Crippen molar-refractivity contribution in [1.29, 1.82) is 0 Å². The van der Waals surface area contributed by atoms with Crippen LogP contribution in [0.15, 0.2) is 0 Å². The van der Waals surface area contributed by atoms with Crippen molar-refractivity contribution in [1.82, 2.24) is 4.90 Å². The topological polar surface area (TPSA) is 29.3 Å². The molecule has 1 aliphatic carbocycles. The van der Waals surface area contributed by atoms with Gasteiger partial charge in [-0.1, -0.05) is 47.0 Å². The van der Waals surface area contributed by atoms with Crippen molar-refractivity contribution < 1.29 is 0 Å². The Morgan fingerprint density at radius 3 is 2.00 bits per heavy atom. The van der Waals surface area contributed by atoms with Crippen molar-refractivity contribution in [2.24, 2.45) is 17.6 Å². The number of nitrogens with two attached hydrogens (primary N) is 1. The molecule has 17 heavy (non-hydrogen) atoms. The molecule has 0 aromatic heterocycles. The molecule has 2 atom stereocenters. The summed E-state index contributed by atoms with van der Waals surface area (Å²) in [5.41, 5.74) is 6.39. The van der Waals surface area contributed by atoms with Crippen molar-refractivity contribution in [3.8, 4) is 0 Å². The standard InChI is InChI=1S/C15H32N2/c1-12(2)10-17(11-13(3)4)15-9-7-5-6-8-14(15)16/h12-15H,5-11,16H2,1-4H3. The van der Waals surface area contributed by atoms with E-state index in [1.165, 1.54) is 45.2 Å². The second kappa shape index (κ2) is 7.38. The summed E-state index contributed by atoms with van der Waals surface area (Å²) >= 11 is 0. The molecule has 1 fully saturated rings. The first-order valence-electron chi connectivity index (χ1n) is 7.50. The fourth-order valence-electron chi connectivity index (χ4n) is 3.05. The Morgan fingerprint density at radius 1 is 0.941 bits per heavy atom. The SMILES string of the molecule is CC(C)CN(CC(C)C)C1CCCCCC1N. The van der Waals surface area contributed by atoms with Crippen LogP contribution in [-0.4, -0.2) is 30.1 Å². The predicted molar refractivity (Wildman–Crippen MR) is 76.1 cm³/mol. The van der Waals surface area contributed by atoms with E-state index >= 15 is 0 Å². The summed E-state index contributed by atoms with van der Waals surface area (Å²) in [6, 6.07) is 1.03. The summed E-state index contributed by atoms with van der Waals surface area (Å²) in [6.45, 7) is 11.7. The highest BCUT2D eigenvalue weighted by atomic mass is 15.2. The first kappa shape index (κ1) is 15.0. The molecule has 0 amide bonds. The average Bonchev–Trinajstić information content (AvgIpc) is 2.40. The third-order valence-corrected chi connectivity index (χ3v) is 3.70. The Bertz CT molecular complexity index is 191. The highest BCUT2D eigenvalue weighted by Crippen LogP contribution is 2.23. The molecular weight excluding hydrogens is 208 g/mol. The van der Waals surface area contributed by atoms with Crippen molar-refractivity contribution >= 4 is 0 Å². The molecule has 102 valence electrons. The molecule has 0 spiro atoms. The first-order chi connectivity index (χ1) is 8.00. The van der Waals surface area contributed by atoms with Gasteiger partial charge in [0.05, 0.1) is 0 Å². The Morgan fingerprint density at radius 2 is 1.47 bits per heavy atom. The number of hydrogen-bond acceptors (Lipinski definition) is 2. The molecule has 1 saturated carbocycles. The summed E-state index contributed by atoms with van der Waals surface area (Å²) in [5.74, 6) is 1.48. The van der Waals surface area contributed by atoms with Crippen LogP contribution < -0.4 is 5.73 Å². The Labute approximate surface area is 108 Å². The van der Waals surface area contributed by atoms with E-state index in [4.69, 9.17) is 5.73 Å². The zero-order chi connectivity index (χ0) is 12.8. The van der Waals surface area contributed by atoms with Gasteiger partial charge >= 0.3 is 0 Å². The molecule has 0 aliphatic heterocycles. The van der Waals surface area contributed by atoms with Gasteiger partial charge in [-0.25, -0.2) is 0 Å². The summed E-state index contributed by atoms with van der Waals surface area (Å²) in [6.07, 6.45) is 6.60. The van der Waals surface area contributed by atoms with Gasteiger partial charge in [0, 0.05) is 25.2 Å². The van der Waals surface area contributed by atoms with E-state index in [1.807, 2.05) is 0 Å². The van der Waals surface area contributed by atoms with Crippen molar-refractivity contribution in [3.63, 3.8) is 0 Å². The Kier molecular flexibility index (Phi) is 6.50. The minimum absolute atomic E-state index is 0.398. The largest absolute Gasteiger partial charge is 0.326 e. The summed E-state index contributed by atoms with van der Waals surface area (Å²) in [5, 5.41) is 0. The van der Waals surface area contributed by atoms with Crippen LogP contribution in [0.2, 0.25) is 0 Å². The van der Waals surface area contributed by atoms with E-state index in [2.05, 4.69) is 32.6 Å². The maximum absolute atomic E-state index is 6.39. The van der Waals surface area contributed by atoms with Crippen LogP contribution in [0.4, 0.5) is 0 Å². The van der Waals surface area contributed by atoms with Crippen LogP contribution in [-0.2, 0) is 0 Å². The maximum atomic E-state index is 6.39. The van der Waals surface area contributed by atoms with Crippen LogP contribution in [0.25, 0.3) is 0 Å². The van der Waals surface area contributed by atoms with Crippen molar-refractivity contribution in [3.05, 3.63) is 0 Å². The van der Waals surface area contributed by atoms with Gasteiger partial charge in [0.2, 0.25) is 0 Å². The fraction of sp³-hybridized carbons (Fsp3) is 1.00. The van der Waals surface area contributed by atoms with E-state index in [1.54, 1.807) is 0 Å². The van der Waals surface area contributed by atoms with E-state index in [-0.39, 0.29) is 0 Å². The van der Waals surface area contributed by atoms with Crippen molar-refractivity contribution in [2.75, 3.05) is 13.1 Å². The van der Waals surface area contributed by atoms with E-state index in [9.17, 15) is 0 Å². The van der Waals surface area contributed by atoms with E-state index in [0.717, 1.165) is 11.8 Å². The van der Waals surface area contributed by atoms with Gasteiger partial charge in [-0.3, -0.25) is 4.90 Å². The lowest BCUT2D eigenvalue weighted by atomic mass is 9.99. The molecule has 0 bridgehead atoms. The highest BCUT2D eigenvalue weighted by Gasteiger charge is 2.27. The Balaban J connectivity index is 2.64. The van der Waals surface area contributed by atoms with Gasteiger partial charge in [-0.15, -0.1) is 0 Å². The zero-order valence-corrected chi connectivity index (χ0v) is 12.3. The molecule has 0 heterocycles. The number of nitrogens with zero attached hydrogens (tertiary/aromatic N) is 1. The second-order valence-electron chi connectivity index (χ2n) is 6.61. The lowest BCUT2D eigenvalue weighted by Crippen LogP contribution is -2.49. The first-order valence-corrected chi connectivity index (χ1v) is 7.50. The monoisotopic (exact) mass is 240 g/mol. The van der Waals surface area contributed by atoms with Crippen LogP contribution >= 0.6 is 0 Å². The predicted octanol–water partition coefficient (Wildman–Crippen LogP) is 3.26. The van der Waals surface area contributed by atoms with E-state index < -0.39 is 0 Å². The average molecular weight is 240 g/mol. The van der Waals surface area contributed by atoms with Gasteiger partial charge in [0.15, 0.2) is 0 Å². The Hall–Kier alpha value is -0.0800. The van der Waals surface area contributed by atoms with Crippen LogP contribution in [0.1, 0.15) is 59.8 Å². The molecule has 2 N–H and O–H groups in total. The molecule has 0 aromatic carbocycles. The molecule has 1 aliphatic rings. The van der Waals surface area contributed by atoms with Gasteiger partial charge in [0.1, 0.15) is 0 Å². The van der Waals surface area contributed by atoms with Gasteiger partial charge in [0.25, 0.3) is 0 Å². The molecule has 2 unspecified atom stereocenters. The fourth-order valence-corrected chi connectivity index (χ4v) is 3.05. The molecular formula is C15H32N2. The van der Waals surface area contributed by atoms with Gasteiger partial charge < -0.3 is 5.73 Å². The highest BCUT2D eigenvalue weighted by molar-refractivity contribution is 4.85. The second-order valence-corrected chi connectivity index (χ2v) is 6.61. The quantitative estimate of drug-likeness (QED) is 0.747. The minimum Gasteiger partial charge on any atom is -0.326 e. The minimum atomic E-state index is 0.398. The molecule has 0 saturated heterocycles. The summed E-state index contributed by atoms with van der Waals surface area (Å²) < 4.78 is 0. The summed E-state index contributed by atoms with van der Waals surface area (Å²) in [7, 11) is 0. The lowest BCUT2D eigenvalue weighted by Gasteiger charge is -2.37. The van der Waals surface area contributed by atoms with Crippen LogP contribution in [0.5, 0.6) is 0 Å². The summed E-state index contributed by atoms with van der Waals surface area (Å²) in [4.78, 5) is 2.67. The van der Waals surface area contributed by atoms with Crippen LogP contribution in [0, 0.1) is 11.8 Å².